The fraction of sp³-hybridized carbons (Fsp3) is 0.522. The van der Waals surface area contributed by atoms with Crippen molar-refractivity contribution in [3.8, 4) is 0 Å². The van der Waals surface area contributed by atoms with E-state index >= 15 is 0 Å². The van der Waals surface area contributed by atoms with Crippen molar-refractivity contribution < 1.29 is 9.90 Å². The Kier molecular flexibility index (Phi) is 5.90. The Morgan fingerprint density at radius 2 is 1.97 bits per heavy atom. The third kappa shape index (κ3) is 3.62. The standard InChI is InChI=1S/C23H30N4O3/c1-3-16(4-2)21-24-14-20-22(29)25-18-6-5-17(13-19(18)27(20)21)23(30)26-10-7-15(8-11-26)9-12-28/h5-6,13-16,28H,3-4,7-12H2,1-2H3,(H,25,29). The Bertz CT molecular complexity index is 1100. The number of carbonyl (C=O) groups excluding carboxylic acids is 1. The van der Waals surface area contributed by atoms with Crippen molar-refractivity contribution in [1.82, 2.24) is 19.3 Å². The number of rotatable bonds is 6. The Hall–Kier alpha value is -2.67. The van der Waals surface area contributed by atoms with Crippen LogP contribution in [0.15, 0.2) is 29.2 Å². The quantitative estimate of drug-likeness (QED) is 0.652. The van der Waals surface area contributed by atoms with E-state index in [0.717, 1.165) is 43.4 Å². The molecule has 0 saturated carbocycles. The highest BCUT2D eigenvalue weighted by molar-refractivity contribution is 5.97. The summed E-state index contributed by atoms with van der Waals surface area (Å²) in [6.07, 6.45) is 6.17. The number of aromatic nitrogens is 3. The molecule has 160 valence electrons. The minimum atomic E-state index is -0.169. The second-order valence-corrected chi connectivity index (χ2v) is 8.28. The highest BCUT2D eigenvalue weighted by Crippen LogP contribution is 2.26. The lowest BCUT2D eigenvalue weighted by atomic mass is 9.93. The number of likely N-dealkylation sites (tertiary alicyclic amines) is 1. The molecular weight excluding hydrogens is 380 g/mol. The van der Waals surface area contributed by atoms with Crippen LogP contribution in [-0.4, -0.2) is 50.0 Å². The average Bonchev–Trinajstić information content (AvgIpc) is 3.21. The SMILES string of the molecule is CCC(CC)c1ncc2c(=O)[nH]c3ccc(C(=O)N4CCC(CCO)CC4)cc3n12. The molecule has 2 aromatic heterocycles. The molecule has 1 fully saturated rings. The number of nitrogens with zero attached hydrogens (tertiary/aromatic N) is 3. The van der Waals surface area contributed by atoms with Gasteiger partial charge in [0.1, 0.15) is 11.3 Å². The number of hydrogen-bond acceptors (Lipinski definition) is 4. The molecule has 1 saturated heterocycles. The number of aliphatic hydroxyl groups excluding tert-OH is 1. The Morgan fingerprint density at radius 3 is 2.63 bits per heavy atom. The zero-order valence-corrected chi connectivity index (χ0v) is 17.7. The maximum Gasteiger partial charge on any atom is 0.274 e. The minimum Gasteiger partial charge on any atom is -0.396 e. The van der Waals surface area contributed by atoms with Crippen molar-refractivity contribution in [2.75, 3.05) is 19.7 Å². The second kappa shape index (κ2) is 8.60. The molecule has 3 aromatic rings. The first kappa shape index (κ1) is 20.6. The summed E-state index contributed by atoms with van der Waals surface area (Å²) in [6.45, 7) is 5.89. The van der Waals surface area contributed by atoms with Gasteiger partial charge < -0.3 is 15.0 Å². The van der Waals surface area contributed by atoms with Crippen LogP contribution in [0.5, 0.6) is 0 Å². The van der Waals surface area contributed by atoms with Crippen molar-refractivity contribution in [2.24, 2.45) is 5.92 Å². The van der Waals surface area contributed by atoms with Gasteiger partial charge in [-0.1, -0.05) is 13.8 Å². The summed E-state index contributed by atoms with van der Waals surface area (Å²) in [5.74, 6) is 1.64. The lowest BCUT2D eigenvalue weighted by Crippen LogP contribution is -2.38. The van der Waals surface area contributed by atoms with Gasteiger partial charge in [0.15, 0.2) is 0 Å². The molecule has 0 unspecified atom stereocenters. The molecule has 3 heterocycles. The Balaban J connectivity index is 1.74. The number of hydrogen-bond donors (Lipinski definition) is 2. The first-order chi connectivity index (χ1) is 14.6. The molecule has 1 aliphatic heterocycles. The van der Waals surface area contributed by atoms with Crippen molar-refractivity contribution in [2.45, 2.75) is 51.9 Å². The summed E-state index contributed by atoms with van der Waals surface area (Å²) in [6, 6.07) is 5.49. The predicted octanol–water partition coefficient (Wildman–Crippen LogP) is 3.31. The summed E-state index contributed by atoms with van der Waals surface area (Å²) in [4.78, 5) is 35.1. The highest BCUT2D eigenvalue weighted by atomic mass is 16.3. The van der Waals surface area contributed by atoms with Crippen LogP contribution in [0.2, 0.25) is 0 Å². The number of aliphatic hydroxyl groups is 1. The van der Waals surface area contributed by atoms with Crippen molar-refractivity contribution in [1.29, 1.82) is 0 Å². The van der Waals surface area contributed by atoms with E-state index in [1.54, 1.807) is 12.3 Å². The molecule has 0 spiro atoms. The molecule has 4 rings (SSSR count). The topological polar surface area (TPSA) is 90.7 Å². The van der Waals surface area contributed by atoms with Gasteiger partial charge in [-0.2, -0.15) is 0 Å². The zero-order chi connectivity index (χ0) is 21.3. The smallest absolute Gasteiger partial charge is 0.274 e. The van der Waals surface area contributed by atoms with Gasteiger partial charge in [0, 0.05) is 31.2 Å². The molecule has 1 aromatic carbocycles. The first-order valence-corrected chi connectivity index (χ1v) is 11.0. The summed E-state index contributed by atoms with van der Waals surface area (Å²) in [5.41, 5.74) is 2.48. The van der Waals surface area contributed by atoms with Gasteiger partial charge in [-0.05, 0) is 56.2 Å². The van der Waals surface area contributed by atoms with E-state index in [1.807, 2.05) is 21.4 Å². The number of fused-ring (bicyclic) bond motifs is 3. The fourth-order valence-electron chi connectivity index (χ4n) is 4.65. The molecular formula is C23H30N4O3. The molecule has 7 heteroatoms. The number of carbonyl (C=O) groups is 1. The van der Waals surface area contributed by atoms with E-state index in [-0.39, 0.29) is 24.0 Å². The number of piperidine rings is 1. The van der Waals surface area contributed by atoms with Crippen LogP contribution in [0.25, 0.3) is 16.6 Å². The minimum absolute atomic E-state index is 0.0166. The Morgan fingerprint density at radius 1 is 1.23 bits per heavy atom. The van der Waals surface area contributed by atoms with Crippen LogP contribution in [0.1, 0.15) is 68.1 Å². The molecule has 0 radical (unpaired) electrons. The van der Waals surface area contributed by atoms with E-state index < -0.39 is 0 Å². The van der Waals surface area contributed by atoms with Crippen LogP contribution in [-0.2, 0) is 0 Å². The van der Waals surface area contributed by atoms with Crippen LogP contribution in [0, 0.1) is 5.92 Å². The van der Waals surface area contributed by atoms with E-state index in [2.05, 4.69) is 23.8 Å². The number of imidazole rings is 1. The van der Waals surface area contributed by atoms with Crippen LogP contribution < -0.4 is 5.56 Å². The normalized spacial score (nSPS) is 15.5. The molecule has 7 nitrogen and oxygen atoms in total. The number of H-pyrrole nitrogens is 1. The maximum atomic E-state index is 13.2. The zero-order valence-electron chi connectivity index (χ0n) is 17.7. The molecule has 1 aliphatic rings. The van der Waals surface area contributed by atoms with Crippen LogP contribution in [0.3, 0.4) is 0 Å². The predicted molar refractivity (Wildman–Crippen MR) is 117 cm³/mol. The lowest BCUT2D eigenvalue weighted by molar-refractivity contribution is 0.0678. The summed E-state index contributed by atoms with van der Waals surface area (Å²) >= 11 is 0. The lowest BCUT2D eigenvalue weighted by Gasteiger charge is -2.31. The van der Waals surface area contributed by atoms with Gasteiger partial charge in [-0.3, -0.25) is 14.0 Å². The largest absolute Gasteiger partial charge is 0.396 e. The molecule has 1 amide bonds. The maximum absolute atomic E-state index is 13.2. The monoisotopic (exact) mass is 410 g/mol. The fourth-order valence-corrected chi connectivity index (χ4v) is 4.65. The molecule has 0 bridgehead atoms. The summed E-state index contributed by atoms with van der Waals surface area (Å²) in [7, 11) is 0. The van der Waals surface area contributed by atoms with E-state index in [1.165, 1.54) is 0 Å². The van der Waals surface area contributed by atoms with Gasteiger partial charge >= 0.3 is 0 Å². The third-order valence-electron chi connectivity index (χ3n) is 6.55. The van der Waals surface area contributed by atoms with Gasteiger partial charge in [0.25, 0.3) is 11.5 Å². The van der Waals surface area contributed by atoms with Crippen LogP contribution >= 0.6 is 0 Å². The average molecular weight is 411 g/mol. The van der Waals surface area contributed by atoms with Crippen molar-refractivity contribution in [3.05, 3.63) is 46.1 Å². The highest BCUT2D eigenvalue weighted by Gasteiger charge is 2.24. The van der Waals surface area contributed by atoms with Crippen molar-refractivity contribution in [3.63, 3.8) is 0 Å². The van der Waals surface area contributed by atoms with Crippen molar-refractivity contribution >= 4 is 22.5 Å². The number of nitrogens with one attached hydrogen (secondary N) is 1. The number of aromatic amines is 1. The summed E-state index contributed by atoms with van der Waals surface area (Å²) in [5, 5.41) is 9.14. The van der Waals surface area contributed by atoms with Gasteiger partial charge in [0.2, 0.25) is 0 Å². The molecule has 0 atom stereocenters. The van der Waals surface area contributed by atoms with Gasteiger partial charge in [-0.15, -0.1) is 0 Å². The van der Waals surface area contributed by atoms with E-state index in [0.29, 0.717) is 35.6 Å². The Labute approximate surface area is 175 Å². The number of benzene rings is 1. The van der Waals surface area contributed by atoms with Gasteiger partial charge in [-0.25, -0.2) is 4.98 Å². The van der Waals surface area contributed by atoms with Gasteiger partial charge in [0.05, 0.1) is 17.2 Å². The number of amides is 1. The second-order valence-electron chi connectivity index (χ2n) is 8.28. The van der Waals surface area contributed by atoms with E-state index in [4.69, 9.17) is 5.11 Å². The molecule has 30 heavy (non-hydrogen) atoms. The first-order valence-electron chi connectivity index (χ1n) is 11.0. The summed E-state index contributed by atoms with van der Waals surface area (Å²) < 4.78 is 1.93. The van der Waals surface area contributed by atoms with E-state index in [9.17, 15) is 9.59 Å². The third-order valence-corrected chi connectivity index (χ3v) is 6.55. The molecule has 0 aliphatic carbocycles. The van der Waals surface area contributed by atoms with Crippen LogP contribution in [0.4, 0.5) is 0 Å². The molecule has 2 N–H and O–H groups in total.